The molecule has 2 N–H and O–H groups in total. The molecule has 0 saturated carbocycles. The van der Waals surface area contributed by atoms with Crippen LogP contribution in [0.15, 0.2) is 54.6 Å². The number of aromatic carboxylic acids is 2. The number of benzene rings is 3. The average molecular weight is 400 g/mol. The van der Waals surface area contributed by atoms with Crippen molar-refractivity contribution in [2.24, 2.45) is 0 Å². The summed E-state index contributed by atoms with van der Waals surface area (Å²) in [6.45, 7) is 0. The minimum atomic E-state index is -1.22. The zero-order valence-corrected chi connectivity index (χ0v) is 15.1. The summed E-state index contributed by atoms with van der Waals surface area (Å²) in [6.07, 6.45) is 0. The fourth-order valence-electron chi connectivity index (χ4n) is 3.34. The topological polar surface area (TPSA) is 79.5 Å². The quantitative estimate of drug-likeness (QED) is 0.477. The van der Waals surface area contributed by atoms with Gasteiger partial charge >= 0.3 is 11.9 Å². The van der Waals surface area contributed by atoms with Crippen molar-refractivity contribution >= 4 is 56.9 Å². The molecular weight excluding hydrogens is 389 g/mol. The maximum absolute atomic E-state index is 11.8. The lowest BCUT2D eigenvalue weighted by molar-refractivity contribution is 0.0696. The molecule has 7 heteroatoms. The van der Waals surface area contributed by atoms with E-state index < -0.39 is 11.9 Å². The van der Waals surface area contributed by atoms with Gasteiger partial charge in [0.05, 0.1) is 27.8 Å². The van der Waals surface area contributed by atoms with Crippen LogP contribution in [0, 0.1) is 0 Å². The van der Waals surface area contributed by atoms with Crippen molar-refractivity contribution in [3.8, 4) is 5.69 Å². The summed E-state index contributed by atoms with van der Waals surface area (Å²) >= 11 is 12.3. The van der Waals surface area contributed by atoms with Gasteiger partial charge in [-0.2, -0.15) is 0 Å². The van der Waals surface area contributed by atoms with Crippen LogP contribution in [-0.4, -0.2) is 26.7 Å². The third kappa shape index (κ3) is 2.72. The van der Waals surface area contributed by atoms with Crippen molar-refractivity contribution < 1.29 is 19.8 Å². The zero-order valence-electron chi connectivity index (χ0n) is 13.6. The lowest BCUT2D eigenvalue weighted by Gasteiger charge is -2.14. The fraction of sp³-hybridized carbons (Fsp3) is 0. The van der Waals surface area contributed by atoms with E-state index >= 15 is 0 Å². The van der Waals surface area contributed by atoms with Crippen LogP contribution in [0.1, 0.15) is 20.7 Å². The molecule has 0 aliphatic carbocycles. The molecule has 0 unspecified atom stereocenters. The number of carboxylic acids is 2. The first kappa shape index (κ1) is 17.4. The largest absolute Gasteiger partial charge is 0.478 e. The van der Waals surface area contributed by atoms with Crippen LogP contribution >= 0.6 is 23.2 Å². The van der Waals surface area contributed by atoms with Crippen molar-refractivity contribution in [1.29, 1.82) is 0 Å². The van der Waals surface area contributed by atoms with Crippen molar-refractivity contribution in [3.63, 3.8) is 0 Å². The molecule has 0 atom stereocenters. The predicted molar refractivity (Wildman–Crippen MR) is 105 cm³/mol. The Bertz CT molecular complexity index is 1170. The first-order valence-corrected chi connectivity index (χ1v) is 8.63. The first-order valence-electron chi connectivity index (χ1n) is 7.87. The number of halogens is 2. The highest BCUT2D eigenvalue weighted by Crippen LogP contribution is 2.37. The molecule has 4 rings (SSSR count). The summed E-state index contributed by atoms with van der Waals surface area (Å²) in [6, 6.07) is 14.5. The summed E-state index contributed by atoms with van der Waals surface area (Å²) in [4.78, 5) is 23.6. The first-order chi connectivity index (χ1) is 12.9. The van der Waals surface area contributed by atoms with Crippen molar-refractivity contribution in [2.75, 3.05) is 0 Å². The van der Waals surface area contributed by atoms with Crippen LogP contribution in [0.25, 0.3) is 27.5 Å². The highest BCUT2D eigenvalue weighted by Gasteiger charge is 2.23. The fourth-order valence-corrected chi connectivity index (χ4v) is 3.68. The number of carboxylic acid groups (broad SMARTS) is 2. The molecule has 1 aromatic heterocycles. The van der Waals surface area contributed by atoms with Gasteiger partial charge in [0.15, 0.2) is 0 Å². The standard InChI is InChI=1S/C20H11Cl2NO4/c21-10-4-6-16-14(8-10)15-9-11(22)5-7-17(15)23(16)18-12(19(24)25)2-1-3-13(18)20(26)27/h1-9H,(H,24,25)(H,26,27). The van der Waals surface area contributed by atoms with Crippen molar-refractivity contribution in [3.05, 3.63) is 75.8 Å². The van der Waals surface area contributed by atoms with E-state index in [0.717, 1.165) is 10.8 Å². The summed E-state index contributed by atoms with van der Waals surface area (Å²) < 4.78 is 1.63. The minimum absolute atomic E-state index is 0.0853. The molecule has 5 nitrogen and oxygen atoms in total. The molecule has 0 fully saturated rings. The van der Waals surface area contributed by atoms with Gasteiger partial charge in [-0.3, -0.25) is 0 Å². The Kier molecular flexibility index (Phi) is 4.06. The second-order valence-corrected chi connectivity index (χ2v) is 6.84. The Morgan fingerprint density at radius 3 is 1.59 bits per heavy atom. The monoisotopic (exact) mass is 399 g/mol. The molecule has 0 radical (unpaired) electrons. The molecule has 0 bridgehead atoms. The maximum Gasteiger partial charge on any atom is 0.337 e. The predicted octanol–water partition coefficient (Wildman–Crippen LogP) is 5.49. The summed E-state index contributed by atoms with van der Waals surface area (Å²) in [5, 5.41) is 21.8. The van der Waals surface area contributed by atoms with E-state index in [1.165, 1.54) is 18.2 Å². The van der Waals surface area contributed by atoms with Gasteiger partial charge in [-0.25, -0.2) is 9.59 Å². The Labute approximate surface area is 163 Å². The van der Waals surface area contributed by atoms with Gasteiger partial charge in [0.2, 0.25) is 0 Å². The molecule has 3 aromatic carbocycles. The van der Waals surface area contributed by atoms with Crippen molar-refractivity contribution in [2.45, 2.75) is 0 Å². The maximum atomic E-state index is 11.8. The number of para-hydroxylation sites is 1. The zero-order chi connectivity index (χ0) is 19.3. The van der Waals surface area contributed by atoms with Crippen LogP contribution in [-0.2, 0) is 0 Å². The van der Waals surface area contributed by atoms with Crippen LogP contribution in [0.5, 0.6) is 0 Å². The van der Waals surface area contributed by atoms with Crippen LogP contribution in [0.4, 0.5) is 0 Å². The Balaban J connectivity index is 2.27. The second-order valence-electron chi connectivity index (χ2n) is 5.97. The van der Waals surface area contributed by atoms with Crippen LogP contribution in [0.2, 0.25) is 10.0 Å². The molecule has 0 spiro atoms. The third-order valence-electron chi connectivity index (χ3n) is 4.41. The van der Waals surface area contributed by atoms with Crippen LogP contribution in [0.3, 0.4) is 0 Å². The SMILES string of the molecule is O=C(O)c1cccc(C(=O)O)c1-n1c2ccc(Cl)cc2c2cc(Cl)ccc21. The Morgan fingerprint density at radius 1 is 0.741 bits per heavy atom. The number of hydrogen-bond acceptors (Lipinski definition) is 2. The molecule has 134 valence electrons. The number of hydrogen-bond donors (Lipinski definition) is 2. The number of fused-ring (bicyclic) bond motifs is 3. The van der Waals surface area contributed by atoms with Gasteiger partial charge in [-0.15, -0.1) is 0 Å². The van der Waals surface area contributed by atoms with E-state index in [2.05, 4.69) is 0 Å². The minimum Gasteiger partial charge on any atom is -0.478 e. The average Bonchev–Trinajstić information content (AvgIpc) is 2.93. The third-order valence-corrected chi connectivity index (χ3v) is 4.88. The van der Waals surface area contributed by atoms with Gasteiger partial charge in [-0.1, -0.05) is 29.3 Å². The van der Waals surface area contributed by atoms with Crippen LogP contribution < -0.4 is 0 Å². The highest BCUT2D eigenvalue weighted by molar-refractivity contribution is 6.33. The summed E-state index contributed by atoms with van der Waals surface area (Å²) in [5.74, 6) is -2.43. The van der Waals surface area contributed by atoms with Gasteiger partial charge in [0, 0.05) is 20.8 Å². The molecule has 27 heavy (non-hydrogen) atoms. The van der Waals surface area contributed by atoms with E-state index in [-0.39, 0.29) is 16.8 Å². The molecule has 1 heterocycles. The Morgan fingerprint density at radius 2 is 1.19 bits per heavy atom. The lowest BCUT2D eigenvalue weighted by Crippen LogP contribution is -2.12. The highest BCUT2D eigenvalue weighted by atomic mass is 35.5. The van der Waals surface area contributed by atoms with Crippen molar-refractivity contribution in [1.82, 2.24) is 4.57 Å². The van der Waals surface area contributed by atoms with E-state index in [4.69, 9.17) is 23.2 Å². The number of rotatable bonds is 3. The smallest absolute Gasteiger partial charge is 0.337 e. The summed E-state index contributed by atoms with van der Waals surface area (Å²) in [7, 11) is 0. The molecule has 4 aromatic rings. The normalized spacial score (nSPS) is 11.2. The van der Waals surface area contributed by atoms with E-state index in [0.29, 0.717) is 21.1 Å². The van der Waals surface area contributed by atoms with Gasteiger partial charge in [0.25, 0.3) is 0 Å². The van der Waals surface area contributed by atoms with E-state index in [9.17, 15) is 19.8 Å². The lowest BCUT2D eigenvalue weighted by atomic mass is 10.1. The second kappa shape index (κ2) is 6.30. The number of carbonyl (C=O) groups is 2. The van der Waals surface area contributed by atoms with Gasteiger partial charge < -0.3 is 14.8 Å². The van der Waals surface area contributed by atoms with E-state index in [1.54, 1.807) is 41.0 Å². The number of nitrogens with zero attached hydrogens (tertiary/aromatic N) is 1. The van der Waals surface area contributed by atoms with E-state index in [1.807, 2.05) is 0 Å². The van der Waals surface area contributed by atoms with Gasteiger partial charge in [0.1, 0.15) is 0 Å². The molecular formula is C20H11Cl2NO4. The molecule has 0 saturated heterocycles. The number of aromatic nitrogens is 1. The molecule has 0 aliphatic rings. The summed E-state index contributed by atoms with van der Waals surface area (Å²) in [5.41, 5.74) is 1.13. The molecule has 0 aliphatic heterocycles. The van der Waals surface area contributed by atoms with Gasteiger partial charge in [-0.05, 0) is 48.5 Å². The Hall–Kier alpha value is -3.02. The molecule has 0 amide bonds.